The van der Waals surface area contributed by atoms with Crippen molar-refractivity contribution in [1.29, 1.82) is 0 Å². The monoisotopic (exact) mass is 457 g/mol. The van der Waals surface area contributed by atoms with Gasteiger partial charge < -0.3 is 4.90 Å². The first kappa shape index (κ1) is 21.2. The Morgan fingerprint density at radius 3 is 2.37 bits per heavy atom. The average molecular weight is 458 g/mol. The van der Waals surface area contributed by atoms with Crippen LogP contribution < -0.4 is 0 Å². The molecule has 27 heavy (non-hydrogen) atoms. The summed E-state index contributed by atoms with van der Waals surface area (Å²) in [7, 11) is 0. The standard InChI is InChI=1S/C19H32BrN5OS/c1-2-25(17-7-4-3-5-8-17)18(26)9-6-14-27-19(21-23-24-22-19)15-10-12-16(20)13-11-15/h15-17H,2-14H2,1H3. The molecule has 3 aliphatic rings. The summed E-state index contributed by atoms with van der Waals surface area (Å²) < 4.78 is 0. The van der Waals surface area contributed by atoms with Crippen LogP contribution >= 0.6 is 27.7 Å². The Balaban J connectivity index is 1.45. The fourth-order valence-electron chi connectivity index (χ4n) is 4.58. The maximum Gasteiger partial charge on any atom is 0.243 e. The van der Waals surface area contributed by atoms with Crippen molar-refractivity contribution in [3.05, 3.63) is 0 Å². The molecule has 0 saturated heterocycles. The lowest BCUT2D eigenvalue weighted by Crippen LogP contribution is -2.41. The highest BCUT2D eigenvalue weighted by Gasteiger charge is 2.44. The largest absolute Gasteiger partial charge is 0.340 e. The minimum atomic E-state index is -0.538. The maximum absolute atomic E-state index is 12.7. The molecule has 0 unspecified atom stereocenters. The molecule has 0 spiro atoms. The second-order valence-corrected chi connectivity index (χ2v) is 10.5. The molecule has 6 nitrogen and oxygen atoms in total. The van der Waals surface area contributed by atoms with E-state index in [0.29, 0.717) is 29.1 Å². The molecule has 0 aromatic heterocycles. The van der Waals surface area contributed by atoms with E-state index in [-0.39, 0.29) is 0 Å². The Morgan fingerprint density at radius 2 is 1.74 bits per heavy atom. The molecule has 0 aromatic rings. The fourth-order valence-corrected chi connectivity index (χ4v) is 6.35. The molecule has 0 atom stereocenters. The summed E-state index contributed by atoms with van der Waals surface area (Å²) in [5.41, 5.74) is 0. The molecule has 0 radical (unpaired) electrons. The highest BCUT2D eigenvalue weighted by molar-refractivity contribution is 9.09. The lowest BCUT2D eigenvalue weighted by Gasteiger charge is -2.34. The summed E-state index contributed by atoms with van der Waals surface area (Å²) >= 11 is 5.45. The predicted molar refractivity (Wildman–Crippen MR) is 113 cm³/mol. The molecular formula is C19H32BrN5OS. The first-order valence-electron chi connectivity index (χ1n) is 10.6. The van der Waals surface area contributed by atoms with Crippen LogP contribution in [0.5, 0.6) is 0 Å². The van der Waals surface area contributed by atoms with Crippen molar-refractivity contribution < 1.29 is 4.79 Å². The first-order valence-corrected chi connectivity index (χ1v) is 12.5. The van der Waals surface area contributed by atoms with Gasteiger partial charge in [-0.15, -0.1) is 22.0 Å². The number of rotatable bonds is 8. The van der Waals surface area contributed by atoms with Crippen LogP contribution in [0.3, 0.4) is 0 Å². The Bertz CT molecular complexity index is 532. The van der Waals surface area contributed by atoms with Crippen molar-refractivity contribution in [3.63, 3.8) is 0 Å². The second kappa shape index (κ2) is 10.3. The van der Waals surface area contributed by atoms with E-state index in [0.717, 1.165) is 44.4 Å². The van der Waals surface area contributed by atoms with E-state index in [1.165, 1.54) is 32.1 Å². The first-order chi connectivity index (χ1) is 13.1. The molecule has 0 bridgehead atoms. The van der Waals surface area contributed by atoms with Gasteiger partial charge in [0.1, 0.15) is 0 Å². The van der Waals surface area contributed by atoms with E-state index in [2.05, 4.69) is 48.4 Å². The number of carbonyl (C=O) groups is 1. The lowest BCUT2D eigenvalue weighted by molar-refractivity contribution is -0.133. The summed E-state index contributed by atoms with van der Waals surface area (Å²) in [6.45, 7) is 2.94. The fraction of sp³-hybridized carbons (Fsp3) is 0.947. The molecule has 2 fully saturated rings. The number of hydrogen-bond donors (Lipinski definition) is 0. The number of nitrogens with zero attached hydrogens (tertiary/aromatic N) is 5. The lowest BCUT2D eigenvalue weighted by atomic mass is 9.87. The summed E-state index contributed by atoms with van der Waals surface area (Å²) in [6.07, 6.45) is 12.2. The molecule has 2 aliphatic carbocycles. The van der Waals surface area contributed by atoms with Crippen LogP contribution in [-0.2, 0) is 4.79 Å². The highest BCUT2D eigenvalue weighted by atomic mass is 79.9. The van der Waals surface area contributed by atoms with Gasteiger partial charge in [-0.3, -0.25) is 4.79 Å². The number of thioether (sulfide) groups is 1. The van der Waals surface area contributed by atoms with E-state index < -0.39 is 4.99 Å². The zero-order valence-corrected chi connectivity index (χ0v) is 18.8. The Kier molecular flexibility index (Phi) is 8.11. The molecule has 1 heterocycles. The molecular weight excluding hydrogens is 426 g/mol. The normalized spacial score (nSPS) is 27.8. The van der Waals surface area contributed by atoms with Gasteiger partial charge in [-0.25, -0.2) is 0 Å². The molecule has 0 N–H and O–H groups in total. The van der Waals surface area contributed by atoms with Gasteiger partial charge >= 0.3 is 0 Å². The third-order valence-electron chi connectivity index (χ3n) is 6.13. The van der Waals surface area contributed by atoms with Gasteiger partial charge in [0.2, 0.25) is 10.9 Å². The molecule has 0 aromatic carbocycles. The smallest absolute Gasteiger partial charge is 0.243 e. The highest BCUT2D eigenvalue weighted by Crippen LogP contribution is 2.47. The molecule has 1 aliphatic heterocycles. The number of hydrogen-bond acceptors (Lipinski definition) is 6. The predicted octanol–water partition coefficient (Wildman–Crippen LogP) is 6.12. The van der Waals surface area contributed by atoms with Crippen LogP contribution in [0.15, 0.2) is 20.7 Å². The van der Waals surface area contributed by atoms with E-state index in [1.807, 2.05) is 0 Å². The van der Waals surface area contributed by atoms with Gasteiger partial charge in [-0.1, -0.05) is 35.2 Å². The van der Waals surface area contributed by atoms with Crippen molar-refractivity contribution >= 4 is 33.6 Å². The van der Waals surface area contributed by atoms with Crippen LogP contribution in [0.4, 0.5) is 0 Å². The van der Waals surface area contributed by atoms with Crippen LogP contribution in [0.25, 0.3) is 0 Å². The quantitative estimate of drug-likeness (QED) is 0.325. The van der Waals surface area contributed by atoms with Crippen LogP contribution in [-0.4, -0.2) is 39.0 Å². The summed E-state index contributed by atoms with van der Waals surface area (Å²) in [5.74, 6) is 1.59. The Labute approximate surface area is 175 Å². The Hall–Kier alpha value is -0.500. The second-order valence-electron chi connectivity index (χ2n) is 7.91. The van der Waals surface area contributed by atoms with Crippen molar-refractivity contribution in [2.24, 2.45) is 26.6 Å². The van der Waals surface area contributed by atoms with Gasteiger partial charge in [0.15, 0.2) is 0 Å². The van der Waals surface area contributed by atoms with Crippen molar-refractivity contribution in [1.82, 2.24) is 4.90 Å². The van der Waals surface area contributed by atoms with Crippen molar-refractivity contribution in [3.8, 4) is 0 Å². The topological polar surface area (TPSA) is 69.8 Å². The third-order valence-corrected chi connectivity index (χ3v) is 8.46. The van der Waals surface area contributed by atoms with Gasteiger partial charge in [0.05, 0.1) is 0 Å². The number of carbonyl (C=O) groups excluding carboxylic acids is 1. The summed E-state index contributed by atoms with van der Waals surface area (Å²) in [6, 6.07) is 0.465. The van der Waals surface area contributed by atoms with Crippen molar-refractivity contribution in [2.45, 2.75) is 93.4 Å². The minimum absolute atomic E-state index is 0.313. The van der Waals surface area contributed by atoms with Crippen LogP contribution in [0.2, 0.25) is 0 Å². The van der Waals surface area contributed by atoms with E-state index >= 15 is 0 Å². The van der Waals surface area contributed by atoms with E-state index in [4.69, 9.17) is 0 Å². The van der Waals surface area contributed by atoms with Crippen LogP contribution in [0.1, 0.15) is 77.6 Å². The van der Waals surface area contributed by atoms with E-state index in [1.54, 1.807) is 11.8 Å². The molecule has 2 saturated carbocycles. The van der Waals surface area contributed by atoms with Gasteiger partial charge in [-0.05, 0) is 68.1 Å². The number of alkyl halides is 1. The Morgan fingerprint density at radius 1 is 1.07 bits per heavy atom. The maximum atomic E-state index is 12.7. The molecule has 152 valence electrons. The van der Waals surface area contributed by atoms with Gasteiger partial charge in [0, 0.05) is 29.8 Å². The SMILES string of the molecule is CCN(C(=O)CCCSC1(C2CCC(Br)CC2)N=NN=N1)C1CCCCC1. The van der Waals surface area contributed by atoms with Crippen molar-refractivity contribution in [2.75, 3.05) is 12.3 Å². The molecule has 1 amide bonds. The zero-order chi connectivity index (χ0) is 19.1. The van der Waals surface area contributed by atoms with E-state index in [9.17, 15) is 4.79 Å². The van der Waals surface area contributed by atoms with Gasteiger partial charge in [-0.2, -0.15) is 0 Å². The summed E-state index contributed by atoms with van der Waals surface area (Å²) in [5, 5.41) is 16.4. The number of halogens is 1. The average Bonchev–Trinajstić information content (AvgIpc) is 3.17. The van der Waals surface area contributed by atoms with Crippen LogP contribution in [0, 0.1) is 5.92 Å². The third kappa shape index (κ3) is 5.52. The minimum Gasteiger partial charge on any atom is -0.340 e. The summed E-state index contributed by atoms with van der Waals surface area (Å²) in [4.78, 5) is 14.9. The number of amides is 1. The van der Waals surface area contributed by atoms with Gasteiger partial charge in [0.25, 0.3) is 0 Å². The molecule has 3 rings (SSSR count). The zero-order valence-electron chi connectivity index (χ0n) is 16.4. The molecule has 8 heteroatoms.